The van der Waals surface area contributed by atoms with E-state index in [4.69, 9.17) is 4.74 Å². The first-order valence-corrected chi connectivity index (χ1v) is 8.51. The molecule has 0 N–H and O–H groups in total. The van der Waals surface area contributed by atoms with Gasteiger partial charge in [-0.15, -0.1) is 0 Å². The minimum Gasteiger partial charge on any atom is -0.431 e. The fourth-order valence-electron chi connectivity index (χ4n) is 2.15. The Labute approximate surface area is 138 Å². The fraction of sp³-hybridized carbons (Fsp3) is 0.294. The predicted octanol–water partition coefficient (Wildman–Crippen LogP) is 6.68. The van der Waals surface area contributed by atoms with Gasteiger partial charge in [0.1, 0.15) is 5.75 Å². The number of ether oxygens (including phenoxy) is 1. The van der Waals surface area contributed by atoms with Gasteiger partial charge in [-0.2, -0.15) is 4.39 Å². The van der Waals surface area contributed by atoms with E-state index in [2.05, 4.69) is 48.5 Å². The summed E-state index contributed by atoms with van der Waals surface area (Å²) in [6.45, 7) is 7.54. The summed E-state index contributed by atoms with van der Waals surface area (Å²) in [5.41, 5.74) is 0.890. The zero-order valence-corrected chi connectivity index (χ0v) is 14.6. The zero-order chi connectivity index (χ0) is 15.4. The van der Waals surface area contributed by atoms with Gasteiger partial charge in [-0.25, -0.2) is 0 Å². The third-order valence-electron chi connectivity index (χ3n) is 3.16. The molecular formula is C17H18BrFOS. The van der Waals surface area contributed by atoms with E-state index < -0.39 is 6.01 Å². The molecule has 1 aliphatic rings. The summed E-state index contributed by atoms with van der Waals surface area (Å²) in [6.07, 6.45) is 6.46. The molecule has 0 radical (unpaired) electrons. The average molecular weight is 369 g/mol. The Bertz CT molecular complexity index is 607. The lowest BCUT2D eigenvalue weighted by atomic mass is 10.1. The van der Waals surface area contributed by atoms with Crippen LogP contribution in [0.1, 0.15) is 32.3 Å². The molecule has 0 aliphatic carbocycles. The van der Waals surface area contributed by atoms with Gasteiger partial charge >= 0.3 is 0 Å². The summed E-state index contributed by atoms with van der Waals surface area (Å²) in [5.74, 6) is 1.01. The Balaban J connectivity index is 2.42. The Morgan fingerprint density at radius 1 is 1.52 bits per heavy atom. The minimum absolute atomic E-state index is 0.495. The van der Waals surface area contributed by atoms with E-state index in [9.17, 15) is 4.39 Å². The Kier molecular flexibility index (Phi) is 5.71. The van der Waals surface area contributed by atoms with E-state index in [1.807, 2.05) is 12.1 Å². The van der Waals surface area contributed by atoms with Gasteiger partial charge in [0.05, 0.1) is 0 Å². The van der Waals surface area contributed by atoms with Gasteiger partial charge in [-0.1, -0.05) is 53.7 Å². The largest absolute Gasteiger partial charge is 0.431 e. The summed E-state index contributed by atoms with van der Waals surface area (Å²) < 4.78 is 19.1. The molecule has 21 heavy (non-hydrogen) atoms. The Hall–Kier alpha value is -1.00. The van der Waals surface area contributed by atoms with Gasteiger partial charge in [0, 0.05) is 14.9 Å². The summed E-state index contributed by atoms with van der Waals surface area (Å²) in [7, 11) is 0. The van der Waals surface area contributed by atoms with Crippen LogP contribution in [-0.4, -0.2) is 0 Å². The van der Waals surface area contributed by atoms with Crippen molar-refractivity contribution in [3.63, 3.8) is 0 Å². The summed E-state index contributed by atoms with van der Waals surface area (Å²) in [4.78, 5) is 2.43. The van der Waals surface area contributed by atoms with Crippen molar-refractivity contribution in [1.82, 2.24) is 0 Å². The van der Waals surface area contributed by atoms with Crippen molar-refractivity contribution in [2.24, 2.45) is 5.92 Å². The number of rotatable bonds is 4. The van der Waals surface area contributed by atoms with Crippen molar-refractivity contribution >= 4 is 32.6 Å². The lowest BCUT2D eigenvalue weighted by Crippen LogP contribution is -1.93. The van der Waals surface area contributed by atoms with Gasteiger partial charge < -0.3 is 4.74 Å². The molecule has 1 aliphatic heterocycles. The molecule has 1 heterocycles. The van der Waals surface area contributed by atoms with E-state index in [-0.39, 0.29) is 0 Å². The van der Waals surface area contributed by atoms with E-state index in [1.165, 1.54) is 4.91 Å². The fourth-order valence-corrected chi connectivity index (χ4v) is 3.69. The molecule has 1 nitrogen and oxygen atoms in total. The Morgan fingerprint density at radius 2 is 2.29 bits per heavy atom. The summed E-state index contributed by atoms with van der Waals surface area (Å²) >= 11 is 5.20. The molecule has 1 aromatic rings. The van der Waals surface area contributed by atoms with Crippen molar-refractivity contribution in [3.05, 3.63) is 57.9 Å². The topological polar surface area (TPSA) is 9.23 Å². The molecule has 0 saturated heterocycles. The summed E-state index contributed by atoms with van der Waals surface area (Å²) in [6, 6.07) is 4.76. The molecule has 2 rings (SSSR count). The minimum atomic E-state index is -0.794. The first-order valence-electron chi connectivity index (χ1n) is 6.90. The van der Waals surface area contributed by atoms with Crippen LogP contribution in [0, 0.1) is 5.92 Å². The van der Waals surface area contributed by atoms with Crippen LogP contribution in [0.5, 0.6) is 5.75 Å². The molecule has 1 aromatic carbocycles. The molecule has 112 valence electrons. The number of allylic oxidation sites excluding steroid dienone is 3. The normalized spacial score (nSPS) is 18.6. The molecular weight excluding hydrogens is 351 g/mol. The molecule has 0 bridgehead atoms. The first-order chi connectivity index (χ1) is 9.99. The van der Waals surface area contributed by atoms with Crippen LogP contribution in [-0.2, 0) is 0 Å². The molecule has 0 spiro atoms. The van der Waals surface area contributed by atoms with E-state index in [1.54, 1.807) is 17.8 Å². The highest BCUT2D eigenvalue weighted by Crippen LogP contribution is 2.43. The second kappa shape index (κ2) is 7.32. The molecule has 1 unspecified atom stereocenters. The van der Waals surface area contributed by atoms with Gasteiger partial charge in [0.15, 0.2) is 0 Å². The van der Waals surface area contributed by atoms with Crippen molar-refractivity contribution in [1.29, 1.82) is 0 Å². The lowest BCUT2D eigenvalue weighted by molar-refractivity contribution is 0.304. The van der Waals surface area contributed by atoms with E-state index in [0.717, 1.165) is 27.8 Å². The van der Waals surface area contributed by atoms with Crippen molar-refractivity contribution in [3.8, 4) is 5.75 Å². The number of hydrogen-bond donors (Lipinski definition) is 0. The maximum absolute atomic E-state index is 13.1. The highest BCUT2D eigenvalue weighted by molar-refractivity contribution is 9.10. The second-order valence-corrected chi connectivity index (χ2v) is 7.05. The number of halogens is 2. The third kappa shape index (κ3) is 4.48. The molecule has 0 amide bonds. The molecule has 0 saturated carbocycles. The second-order valence-electron chi connectivity index (χ2n) is 4.97. The highest BCUT2D eigenvalue weighted by Gasteiger charge is 2.16. The Morgan fingerprint density at radius 3 is 2.95 bits per heavy atom. The van der Waals surface area contributed by atoms with Crippen LogP contribution in [0.15, 0.2) is 52.3 Å². The highest BCUT2D eigenvalue weighted by atomic mass is 79.9. The quantitative estimate of drug-likeness (QED) is 0.548. The van der Waals surface area contributed by atoms with E-state index in [0.29, 0.717) is 11.7 Å². The SMILES string of the molecule is C=C(F)Oc1ccc(Br)cc1C1=CCC(C)C=C(CC)S1. The number of thioether (sulfide) groups is 1. The van der Waals surface area contributed by atoms with E-state index >= 15 is 0 Å². The maximum Gasteiger partial charge on any atom is 0.270 e. The van der Waals surface area contributed by atoms with Crippen molar-refractivity contribution < 1.29 is 9.13 Å². The van der Waals surface area contributed by atoms with Crippen LogP contribution in [0.3, 0.4) is 0 Å². The smallest absolute Gasteiger partial charge is 0.270 e. The van der Waals surface area contributed by atoms with Crippen LogP contribution < -0.4 is 4.74 Å². The van der Waals surface area contributed by atoms with Crippen LogP contribution in [0.4, 0.5) is 4.39 Å². The first kappa shape index (κ1) is 16.4. The van der Waals surface area contributed by atoms with Crippen molar-refractivity contribution in [2.75, 3.05) is 0 Å². The number of benzene rings is 1. The zero-order valence-electron chi connectivity index (χ0n) is 12.2. The third-order valence-corrected chi connectivity index (χ3v) is 4.95. The van der Waals surface area contributed by atoms with Gasteiger partial charge in [-0.05, 0) is 48.4 Å². The molecule has 0 aromatic heterocycles. The maximum atomic E-state index is 13.1. The van der Waals surface area contributed by atoms with Crippen LogP contribution >= 0.6 is 27.7 Å². The molecule has 4 heteroatoms. The molecule has 1 atom stereocenters. The average Bonchev–Trinajstić information content (AvgIpc) is 2.62. The van der Waals surface area contributed by atoms with Crippen LogP contribution in [0.2, 0.25) is 0 Å². The molecule has 0 fully saturated rings. The number of hydrogen-bond acceptors (Lipinski definition) is 2. The standard InChI is InChI=1S/C17H18BrFOS/c1-4-14-9-11(2)5-8-17(21-14)15-10-13(18)6-7-16(15)20-12(3)19/h6-11H,3-5H2,1-2H3. The summed E-state index contributed by atoms with van der Waals surface area (Å²) in [5, 5.41) is 0. The van der Waals surface area contributed by atoms with Crippen LogP contribution in [0.25, 0.3) is 4.91 Å². The van der Waals surface area contributed by atoms with Crippen molar-refractivity contribution in [2.45, 2.75) is 26.7 Å². The lowest BCUT2D eigenvalue weighted by Gasteiger charge is -2.13. The van der Waals surface area contributed by atoms with Gasteiger partial charge in [0.25, 0.3) is 6.01 Å². The van der Waals surface area contributed by atoms with Gasteiger partial charge in [-0.3, -0.25) is 0 Å². The van der Waals surface area contributed by atoms with Gasteiger partial charge in [0.2, 0.25) is 0 Å². The predicted molar refractivity (Wildman–Crippen MR) is 92.7 cm³/mol. The monoisotopic (exact) mass is 368 g/mol.